The molecule has 1 unspecified atom stereocenters. The largest absolute Gasteiger partial charge is 0.392 e. The molecule has 16 heavy (non-hydrogen) atoms. The molecule has 82 valence electrons. The number of aliphatic hydroxyl groups excluding tert-OH is 1. The van der Waals surface area contributed by atoms with Crippen LogP contribution in [0.25, 0.3) is 0 Å². The average molecular weight is 217 g/mol. The van der Waals surface area contributed by atoms with Gasteiger partial charge in [0.2, 0.25) is 0 Å². The fourth-order valence-electron chi connectivity index (χ4n) is 1.80. The van der Waals surface area contributed by atoms with Crippen LogP contribution in [0.15, 0.2) is 48.1 Å². The Kier molecular flexibility index (Phi) is 2.83. The Labute approximate surface area is 92.7 Å². The number of benzene rings is 1. The van der Waals surface area contributed by atoms with Gasteiger partial charge in [-0.2, -0.15) is 0 Å². The second kappa shape index (κ2) is 4.28. The Hall–Kier alpha value is -1.94. The minimum absolute atomic E-state index is 0.0341. The molecule has 1 aromatic rings. The fourth-order valence-corrected chi connectivity index (χ4v) is 1.80. The van der Waals surface area contributed by atoms with Crippen LogP contribution >= 0.6 is 0 Å². The van der Waals surface area contributed by atoms with Gasteiger partial charge in [0.1, 0.15) is 0 Å². The van der Waals surface area contributed by atoms with E-state index in [9.17, 15) is 10.1 Å². The third kappa shape index (κ3) is 1.87. The summed E-state index contributed by atoms with van der Waals surface area (Å²) in [5.74, 6) is -0.108. The first kappa shape index (κ1) is 10.6. The van der Waals surface area contributed by atoms with Crippen molar-refractivity contribution in [1.29, 1.82) is 0 Å². The van der Waals surface area contributed by atoms with Gasteiger partial charge in [-0.15, -0.1) is 0 Å². The monoisotopic (exact) mass is 217 g/mol. The highest BCUT2D eigenvalue weighted by atomic mass is 16.6. The lowest BCUT2D eigenvalue weighted by atomic mass is 9.99. The Morgan fingerprint density at radius 2 is 2.12 bits per heavy atom. The van der Waals surface area contributed by atoms with E-state index in [1.807, 2.05) is 12.2 Å². The van der Waals surface area contributed by atoms with Crippen molar-refractivity contribution in [1.82, 2.24) is 0 Å². The zero-order valence-electron chi connectivity index (χ0n) is 8.54. The second-order valence-electron chi connectivity index (χ2n) is 3.60. The summed E-state index contributed by atoms with van der Waals surface area (Å²) in [6, 6.07) is 6.66. The Balaban J connectivity index is 2.39. The molecule has 1 N–H and O–H groups in total. The Morgan fingerprint density at radius 1 is 1.38 bits per heavy atom. The van der Waals surface area contributed by atoms with Gasteiger partial charge < -0.3 is 5.11 Å². The van der Waals surface area contributed by atoms with Crippen molar-refractivity contribution in [3.05, 3.63) is 63.7 Å². The Bertz CT molecular complexity index is 477. The van der Waals surface area contributed by atoms with Gasteiger partial charge in [-0.3, -0.25) is 10.1 Å². The molecule has 1 atom stereocenters. The smallest absolute Gasteiger partial charge is 0.273 e. The van der Waals surface area contributed by atoms with Gasteiger partial charge >= 0.3 is 0 Å². The summed E-state index contributed by atoms with van der Waals surface area (Å²) in [4.78, 5) is 10.5. The van der Waals surface area contributed by atoms with E-state index in [1.165, 1.54) is 6.07 Å². The third-order valence-corrected chi connectivity index (χ3v) is 2.59. The molecular formula is C12H11NO3. The van der Waals surface area contributed by atoms with Gasteiger partial charge in [0.25, 0.3) is 5.69 Å². The molecule has 0 saturated carbocycles. The van der Waals surface area contributed by atoms with Crippen LogP contribution < -0.4 is 0 Å². The summed E-state index contributed by atoms with van der Waals surface area (Å²) >= 11 is 0. The lowest BCUT2D eigenvalue weighted by Gasteiger charge is -2.06. The van der Waals surface area contributed by atoms with Crippen molar-refractivity contribution >= 4 is 5.69 Å². The van der Waals surface area contributed by atoms with Crippen LogP contribution in [0, 0.1) is 10.1 Å². The molecule has 0 fully saturated rings. The number of hydrogen-bond donors (Lipinski definition) is 1. The SMILES string of the molecule is O=[N+]([O-])c1ccccc1C1C=CC(CO)=C1. The van der Waals surface area contributed by atoms with Crippen molar-refractivity contribution in [2.75, 3.05) is 6.61 Å². The standard InChI is InChI=1S/C12H11NO3/c14-8-9-5-6-10(7-9)11-3-1-2-4-12(11)13(15)16/h1-7,10,14H,8H2. The molecule has 2 rings (SSSR count). The van der Waals surface area contributed by atoms with E-state index in [0.29, 0.717) is 5.56 Å². The minimum atomic E-state index is -0.381. The van der Waals surface area contributed by atoms with Crippen LogP contribution in [0.3, 0.4) is 0 Å². The minimum Gasteiger partial charge on any atom is -0.392 e. The van der Waals surface area contributed by atoms with Crippen LogP contribution in [0.4, 0.5) is 5.69 Å². The van der Waals surface area contributed by atoms with Gasteiger partial charge in [-0.25, -0.2) is 0 Å². The first-order valence-electron chi connectivity index (χ1n) is 4.95. The van der Waals surface area contributed by atoms with E-state index in [4.69, 9.17) is 5.11 Å². The number of allylic oxidation sites excluding steroid dienone is 2. The number of aliphatic hydroxyl groups is 1. The Morgan fingerprint density at radius 3 is 2.75 bits per heavy atom. The van der Waals surface area contributed by atoms with Gasteiger partial charge in [0, 0.05) is 17.5 Å². The van der Waals surface area contributed by atoms with Gasteiger partial charge in [0.15, 0.2) is 0 Å². The molecular weight excluding hydrogens is 206 g/mol. The summed E-state index contributed by atoms with van der Waals surface area (Å²) in [6.07, 6.45) is 5.48. The highest BCUT2D eigenvalue weighted by Crippen LogP contribution is 2.32. The molecule has 0 radical (unpaired) electrons. The van der Waals surface area contributed by atoms with Crippen molar-refractivity contribution < 1.29 is 10.0 Å². The molecule has 0 aromatic heterocycles. The maximum absolute atomic E-state index is 10.8. The summed E-state index contributed by atoms with van der Waals surface area (Å²) in [5, 5.41) is 19.8. The molecule has 0 saturated heterocycles. The summed E-state index contributed by atoms with van der Waals surface area (Å²) < 4.78 is 0. The predicted molar refractivity (Wildman–Crippen MR) is 60.1 cm³/mol. The normalized spacial score (nSPS) is 18.6. The quantitative estimate of drug-likeness (QED) is 0.623. The molecule has 1 aliphatic rings. The molecule has 1 aliphatic carbocycles. The van der Waals surface area contributed by atoms with E-state index in [0.717, 1.165) is 5.57 Å². The zero-order valence-corrected chi connectivity index (χ0v) is 8.54. The lowest BCUT2D eigenvalue weighted by Crippen LogP contribution is -1.97. The lowest BCUT2D eigenvalue weighted by molar-refractivity contribution is -0.385. The highest BCUT2D eigenvalue weighted by molar-refractivity contribution is 5.49. The van der Waals surface area contributed by atoms with Gasteiger partial charge in [-0.1, -0.05) is 36.4 Å². The summed E-state index contributed by atoms with van der Waals surface area (Å²) in [6.45, 7) is -0.0341. The molecule has 4 nitrogen and oxygen atoms in total. The van der Waals surface area contributed by atoms with Crippen LogP contribution in [-0.2, 0) is 0 Å². The fraction of sp³-hybridized carbons (Fsp3) is 0.167. The van der Waals surface area contributed by atoms with Gasteiger partial charge in [-0.05, 0) is 5.57 Å². The zero-order chi connectivity index (χ0) is 11.5. The summed E-state index contributed by atoms with van der Waals surface area (Å²) in [7, 11) is 0. The number of nitro groups is 1. The number of nitrogens with zero attached hydrogens (tertiary/aromatic N) is 1. The maximum Gasteiger partial charge on any atom is 0.273 e. The van der Waals surface area contributed by atoms with Crippen LogP contribution in [0.1, 0.15) is 11.5 Å². The number of rotatable bonds is 3. The van der Waals surface area contributed by atoms with E-state index < -0.39 is 0 Å². The molecule has 1 aromatic carbocycles. The molecule has 0 aliphatic heterocycles. The van der Waals surface area contributed by atoms with Crippen molar-refractivity contribution in [2.24, 2.45) is 0 Å². The highest BCUT2D eigenvalue weighted by Gasteiger charge is 2.20. The number of nitro benzene ring substituents is 1. The topological polar surface area (TPSA) is 63.4 Å². The first-order valence-corrected chi connectivity index (χ1v) is 4.95. The van der Waals surface area contributed by atoms with E-state index in [-0.39, 0.29) is 23.1 Å². The van der Waals surface area contributed by atoms with Crippen molar-refractivity contribution in [3.8, 4) is 0 Å². The van der Waals surface area contributed by atoms with Crippen LogP contribution in [0.5, 0.6) is 0 Å². The first-order chi connectivity index (χ1) is 7.72. The molecule has 0 heterocycles. The van der Waals surface area contributed by atoms with E-state index >= 15 is 0 Å². The van der Waals surface area contributed by atoms with Gasteiger partial charge in [0.05, 0.1) is 11.5 Å². The molecule has 0 spiro atoms. The van der Waals surface area contributed by atoms with Crippen molar-refractivity contribution in [2.45, 2.75) is 5.92 Å². The maximum atomic E-state index is 10.8. The third-order valence-electron chi connectivity index (χ3n) is 2.59. The van der Waals surface area contributed by atoms with Crippen LogP contribution in [-0.4, -0.2) is 16.6 Å². The molecule has 0 amide bonds. The van der Waals surface area contributed by atoms with E-state index in [2.05, 4.69) is 0 Å². The number of hydrogen-bond acceptors (Lipinski definition) is 3. The predicted octanol–water partition coefficient (Wildman–Crippen LogP) is 2.17. The molecule has 0 bridgehead atoms. The van der Waals surface area contributed by atoms with Crippen LogP contribution in [0.2, 0.25) is 0 Å². The van der Waals surface area contributed by atoms with E-state index in [1.54, 1.807) is 24.3 Å². The second-order valence-corrected chi connectivity index (χ2v) is 3.60. The summed E-state index contributed by atoms with van der Waals surface area (Å²) in [5.41, 5.74) is 1.57. The average Bonchev–Trinajstić information content (AvgIpc) is 2.77. The molecule has 4 heteroatoms. The van der Waals surface area contributed by atoms with Crippen molar-refractivity contribution in [3.63, 3.8) is 0 Å². The number of para-hydroxylation sites is 1.